The normalized spacial score (nSPS) is 54.0. The molecule has 0 bridgehead atoms. The quantitative estimate of drug-likeness (QED) is 0.187. The molecule has 0 spiro atoms. The zero-order valence-corrected chi connectivity index (χ0v) is 16.6. The molecular formula is C17H30O14. The minimum atomic E-state index is -1.82. The zero-order valence-electron chi connectivity index (χ0n) is 16.6. The number of aliphatic hydroxyl groups is 9. The summed E-state index contributed by atoms with van der Waals surface area (Å²) in [4.78, 5) is 0. The van der Waals surface area contributed by atoms with Crippen LogP contribution < -0.4 is 0 Å². The smallest absolute Gasteiger partial charge is 0.187 e. The molecule has 0 saturated carbocycles. The van der Waals surface area contributed by atoms with Crippen LogP contribution in [0.2, 0.25) is 0 Å². The maximum absolute atomic E-state index is 10.6. The number of aliphatic hydroxyl groups excluding tert-OH is 9. The van der Waals surface area contributed by atoms with Crippen molar-refractivity contribution in [3.8, 4) is 0 Å². The summed E-state index contributed by atoms with van der Waals surface area (Å²) in [7, 11) is 0. The van der Waals surface area contributed by atoms with Crippen molar-refractivity contribution in [3.63, 3.8) is 0 Å². The summed E-state index contributed by atoms with van der Waals surface area (Å²) in [6.45, 7) is 0.296. The summed E-state index contributed by atoms with van der Waals surface area (Å²) in [5, 5.41) is 89.8. The Morgan fingerprint density at radius 3 is 1.97 bits per heavy atom. The summed E-state index contributed by atoms with van der Waals surface area (Å²) >= 11 is 0. The molecule has 3 saturated heterocycles. The van der Waals surface area contributed by atoms with Crippen molar-refractivity contribution in [1.29, 1.82) is 0 Å². The lowest BCUT2D eigenvalue weighted by Crippen LogP contribution is -2.65. The van der Waals surface area contributed by atoms with Crippen LogP contribution in [0.3, 0.4) is 0 Å². The van der Waals surface area contributed by atoms with E-state index in [0.717, 1.165) is 0 Å². The van der Waals surface area contributed by atoms with Crippen molar-refractivity contribution in [2.24, 2.45) is 0 Å². The molecule has 14 atom stereocenters. The SMILES string of the molecule is C[C@@H]1O[C@@H](O[C@@H]2[C@@H](O[C@H]3OC[C@H](O)[C@H](O)[C@H]3O)[C@@H](O)[C@@H](CO)O[C@H]2O)[C@@H](O)[C@H](O)[C@@H]1O. The highest BCUT2D eigenvalue weighted by molar-refractivity contribution is 4.95. The van der Waals surface area contributed by atoms with Gasteiger partial charge in [0.25, 0.3) is 0 Å². The van der Waals surface area contributed by atoms with Gasteiger partial charge in [0, 0.05) is 0 Å². The van der Waals surface area contributed by atoms with E-state index in [2.05, 4.69) is 0 Å². The zero-order chi connectivity index (χ0) is 23.0. The van der Waals surface area contributed by atoms with E-state index in [1.165, 1.54) is 6.92 Å². The molecule has 3 aliphatic heterocycles. The lowest BCUT2D eigenvalue weighted by Gasteiger charge is -2.47. The molecular weight excluding hydrogens is 428 g/mol. The third-order valence-corrected chi connectivity index (χ3v) is 5.66. The van der Waals surface area contributed by atoms with Crippen molar-refractivity contribution in [2.45, 2.75) is 92.9 Å². The van der Waals surface area contributed by atoms with Crippen LogP contribution >= 0.6 is 0 Å². The number of rotatable bonds is 5. The van der Waals surface area contributed by atoms with E-state index in [4.69, 9.17) is 23.7 Å². The van der Waals surface area contributed by atoms with Gasteiger partial charge in [0.1, 0.15) is 61.0 Å². The van der Waals surface area contributed by atoms with Crippen LogP contribution in [-0.4, -0.2) is 145 Å². The summed E-state index contributed by atoms with van der Waals surface area (Å²) in [5.74, 6) is 0. The number of hydrogen-bond donors (Lipinski definition) is 9. The number of ether oxygens (including phenoxy) is 5. The third-order valence-electron chi connectivity index (χ3n) is 5.66. The topological polar surface area (TPSA) is 228 Å². The third kappa shape index (κ3) is 5.02. The van der Waals surface area contributed by atoms with Gasteiger partial charge in [-0.15, -0.1) is 0 Å². The number of hydrogen-bond acceptors (Lipinski definition) is 14. The molecule has 3 rings (SSSR count). The van der Waals surface area contributed by atoms with E-state index in [1.807, 2.05) is 0 Å². The molecule has 182 valence electrons. The van der Waals surface area contributed by atoms with Gasteiger partial charge in [-0.1, -0.05) is 0 Å². The van der Waals surface area contributed by atoms with E-state index in [1.54, 1.807) is 0 Å². The van der Waals surface area contributed by atoms with E-state index in [-0.39, 0.29) is 0 Å². The second-order valence-corrected chi connectivity index (χ2v) is 7.87. The molecule has 0 aromatic rings. The molecule has 3 heterocycles. The highest BCUT2D eigenvalue weighted by atomic mass is 16.8. The maximum atomic E-state index is 10.6. The van der Waals surface area contributed by atoms with Crippen molar-refractivity contribution in [2.75, 3.05) is 13.2 Å². The van der Waals surface area contributed by atoms with Gasteiger partial charge in [0.15, 0.2) is 18.9 Å². The standard InChI is InChI=1S/C17H30O14/c1-4-7(20)10(23)12(25)17(28-4)31-14-13(9(22)6(2-18)29-15(14)26)30-16-11(24)8(21)5(19)3-27-16/h4-26H,2-3H2,1H3/t4-,5-,6+,7+,8-,9-,10+,11+,12-,13-,14+,15+,16+,17-/m0/s1. The Morgan fingerprint density at radius 2 is 1.32 bits per heavy atom. The largest absolute Gasteiger partial charge is 0.394 e. The minimum absolute atomic E-state index is 0.397. The highest BCUT2D eigenvalue weighted by Gasteiger charge is 2.52. The fourth-order valence-corrected chi connectivity index (χ4v) is 3.69. The van der Waals surface area contributed by atoms with Gasteiger partial charge in [-0.05, 0) is 6.92 Å². The maximum Gasteiger partial charge on any atom is 0.187 e. The molecule has 0 unspecified atom stereocenters. The first kappa shape index (κ1) is 25.1. The summed E-state index contributed by atoms with van der Waals surface area (Å²) < 4.78 is 26.6. The Kier molecular flexibility index (Phi) is 8.21. The van der Waals surface area contributed by atoms with Crippen LogP contribution in [0.4, 0.5) is 0 Å². The fourth-order valence-electron chi connectivity index (χ4n) is 3.69. The summed E-state index contributed by atoms with van der Waals surface area (Å²) in [6, 6.07) is 0. The molecule has 0 aromatic carbocycles. The van der Waals surface area contributed by atoms with E-state index in [0.29, 0.717) is 0 Å². The lowest BCUT2D eigenvalue weighted by molar-refractivity contribution is -0.381. The lowest BCUT2D eigenvalue weighted by atomic mass is 9.97. The Labute approximate surface area is 176 Å². The van der Waals surface area contributed by atoms with Gasteiger partial charge < -0.3 is 69.6 Å². The molecule has 0 radical (unpaired) electrons. The predicted molar refractivity (Wildman–Crippen MR) is 93.8 cm³/mol. The van der Waals surface area contributed by atoms with Crippen LogP contribution in [0, 0.1) is 0 Å². The highest BCUT2D eigenvalue weighted by Crippen LogP contribution is 2.31. The predicted octanol–water partition coefficient (Wildman–Crippen LogP) is -5.91. The van der Waals surface area contributed by atoms with Crippen molar-refractivity contribution in [1.82, 2.24) is 0 Å². The van der Waals surface area contributed by atoms with E-state index >= 15 is 0 Å². The Hall–Kier alpha value is -0.560. The average molecular weight is 458 g/mol. The van der Waals surface area contributed by atoms with Crippen molar-refractivity contribution < 1.29 is 69.6 Å². The monoisotopic (exact) mass is 458 g/mol. The molecule has 3 fully saturated rings. The van der Waals surface area contributed by atoms with Crippen LogP contribution in [0.25, 0.3) is 0 Å². The van der Waals surface area contributed by atoms with Gasteiger partial charge in [0.2, 0.25) is 0 Å². The molecule has 9 N–H and O–H groups in total. The average Bonchev–Trinajstić information content (AvgIpc) is 2.74. The first-order chi connectivity index (χ1) is 14.6. The molecule has 14 heteroatoms. The minimum Gasteiger partial charge on any atom is -0.394 e. The molecule has 0 aliphatic carbocycles. The molecule has 3 aliphatic rings. The second kappa shape index (κ2) is 10.1. The van der Waals surface area contributed by atoms with Crippen LogP contribution in [0.1, 0.15) is 6.92 Å². The van der Waals surface area contributed by atoms with E-state index in [9.17, 15) is 46.0 Å². The van der Waals surface area contributed by atoms with Crippen LogP contribution in [0.5, 0.6) is 0 Å². The van der Waals surface area contributed by atoms with E-state index < -0.39 is 99.2 Å². The summed E-state index contributed by atoms with van der Waals surface area (Å²) in [5.41, 5.74) is 0. The second-order valence-electron chi connectivity index (χ2n) is 7.87. The van der Waals surface area contributed by atoms with Gasteiger partial charge >= 0.3 is 0 Å². The van der Waals surface area contributed by atoms with Crippen molar-refractivity contribution >= 4 is 0 Å². The Bertz CT molecular complexity index is 581. The summed E-state index contributed by atoms with van der Waals surface area (Å²) in [6.07, 6.45) is -21.5. The van der Waals surface area contributed by atoms with Gasteiger partial charge in [0.05, 0.1) is 19.3 Å². The Morgan fingerprint density at radius 1 is 0.710 bits per heavy atom. The first-order valence-corrected chi connectivity index (χ1v) is 9.85. The molecule has 0 amide bonds. The van der Waals surface area contributed by atoms with Crippen LogP contribution in [-0.2, 0) is 23.7 Å². The first-order valence-electron chi connectivity index (χ1n) is 9.85. The Balaban J connectivity index is 1.79. The van der Waals surface area contributed by atoms with Crippen LogP contribution in [0.15, 0.2) is 0 Å². The molecule has 31 heavy (non-hydrogen) atoms. The molecule has 14 nitrogen and oxygen atoms in total. The van der Waals surface area contributed by atoms with Gasteiger partial charge in [-0.2, -0.15) is 0 Å². The van der Waals surface area contributed by atoms with Gasteiger partial charge in [-0.3, -0.25) is 0 Å². The fraction of sp³-hybridized carbons (Fsp3) is 1.00. The molecule has 0 aromatic heterocycles. The van der Waals surface area contributed by atoms with Crippen molar-refractivity contribution in [3.05, 3.63) is 0 Å². The van der Waals surface area contributed by atoms with Gasteiger partial charge in [-0.25, -0.2) is 0 Å².